The molecule has 0 radical (unpaired) electrons. The van der Waals surface area contributed by atoms with Crippen molar-refractivity contribution in [1.29, 1.82) is 0 Å². The number of pyridine rings is 1. The highest BCUT2D eigenvalue weighted by Gasteiger charge is 2.13. The second kappa shape index (κ2) is 4.52. The van der Waals surface area contributed by atoms with Crippen LogP contribution in [0.15, 0.2) is 18.2 Å². The Hall–Kier alpha value is -0.240. The number of halogens is 3. The smallest absolute Gasteiger partial charge is 0.209 e. The van der Waals surface area contributed by atoms with Crippen LogP contribution in [0.3, 0.4) is 0 Å². The van der Waals surface area contributed by atoms with Crippen molar-refractivity contribution in [2.45, 2.75) is 17.6 Å². The van der Waals surface area contributed by atoms with E-state index in [2.05, 4.69) is 4.98 Å². The summed E-state index contributed by atoms with van der Waals surface area (Å²) < 4.78 is -1.36. The number of hydrogen-bond donors (Lipinski definition) is 0. The van der Waals surface area contributed by atoms with Crippen LogP contribution in [-0.2, 0) is 0 Å². The molecule has 0 bridgehead atoms. The molecular formula is C10H10Cl3N. The van der Waals surface area contributed by atoms with Crippen molar-refractivity contribution in [3.8, 4) is 0 Å². The Balaban J connectivity index is 2.92. The quantitative estimate of drug-likeness (QED) is 0.684. The van der Waals surface area contributed by atoms with E-state index in [4.69, 9.17) is 34.8 Å². The number of nitrogens with zero attached hydrogens (tertiary/aromatic N) is 1. The number of alkyl halides is 3. The van der Waals surface area contributed by atoms with Crippen molar-refractivity contribution in [2.75, 3.05) is 0 Å². The molecule has 0 aliphatic heterocycles. The molecule has 14 heavy (non-hydrogen) atoms. The Labute approximate surface area is 98.7 Å². The summed E-state index contributed by atoms with van der Waals surface area (Å²) in [5.74, 6) is 0. The summed E-state index contributed by atoms with van der Waals surface area (Å²) in [6, 6.07) is 3.92. The normalized spacial score (nSPS) is 12.4. The standard InChI is InChI=1S/C10H10Cl3N/c1-7-5-8(2)14-9(6-7)3-4-10(11,12)13/h3-6H,1-2H3. The minimum Gasteiger partial charge on any atom is -0.254 e. The lowest BCUT2D eigenvalue weighted by atomic mass is 10.2. The molecule has 0 N–H and O–H groups in total. The van der Waals surface area contributed by atoms with Crippen molar-refractivity contribution in [3.05, 3.63) is 35.2 Å². The largest absolute Gasteiger partial charge is 0.254 e. The van der Waals surface area contributed by atoms with Crippen molar-refractivity contribution in [3.63, 3.8) is 0 Å². The van der Waals surface area contributed by atoms with Crippen LogP contribution >= 0.6 is 34.8 Å². The van der Waals surface area contributed by atoms with E-state index in [0.717, 1.165) is 17.0 Å². The van der Waals surface area contributed by atoms with E-state index in [1.165, 1.54) is 6.08 Å². The van der Waals surface area contributed by atoms with E-state index >= 15 is 0 Å². The van der Waals surface area contributed by atoms with Crippen molar-refractivity contribution < 1.29 is 0 Å². The average Bonchev–Trinajstić information content (AvgIpc) is 1.97. The Kier molecular flexibility index (Phi) is 3.82. The lowest BCUT2D eigenvalue weighted by Gasteiger charge is -2.03. The van der Waals surface area contributed by atoms with Gasteiger partial charge >= 0.3 is 0 Å². The molecule has 0 unspecified atom stereocenters. The lowest BCUT2D eigenvalue weighted by Crippen LogP contribution is -1.95. The van der Waals surface area contributed by atoms with Gasteiger partial charge in [0.1, 0.15) is 0 Å². The summed E-state index contributed by atoms with van der Waals surface area (Å²) >= 11 is 16.7. The molecule has 0 fully saturated rings. The highest BCUT2D eigenvalue weighted by Crippen LogP contribution is 2.28. The highest BCUT2D eigenvalue weighted by atomic mass is 35.6. The fraction of sp³-hybridized carbons (Fsp3) is 0.300. The molecule has 76 valence electrons. The first kappa shape index (κ1) is 11.8. The van der Waals surface area contributed by atoms with Gasteiger partial charge in [-0.25, -0.2) is 0 Å². The third-order valence-corrected chi connectivity index (χ3v) is 1.94. The molecule has 0 saturated carbocycles. The fourth-order valence-corrected chi connectivity index (χ4v) is 1.33. The molecule has 1 aromatic rings. The fourth-order valence-electron chi connectivity index (χ4n) is 1.14. The van der Waals surface area contributed by atoms with E-state index in [-0.39, 0.29) is 0 Å². The Morgan fingerprint density at radius 1 is 1.21 bits per heavy atom. The number of aromatic nitrogens is 1. The summed E-state index contributed by atoms with van der Waals surface area (Å²) in [7, 11) is 0. The van der Waals surface area contributed by atoms with Crippen molar-refractivity contribution in [2.24, 2.45) is 0 Å². The van der Waals surface area contributed by atoms with E-state index in [1.807, 2.05) is 26.0 Å². The van der Waals surface area contributed by atoms with Gasteiger partial charge in [-0.2, -0.15) is 0 Å². The maximum Gasteiger partial charge on any atom is 0.209 e. The number of hydrogen-bond acceptors (Lipinski definition) is 1. The van der Waals surface area contributed by atoms with Gasteiger partial charge in [-0.1, -0.05) is 34.8 Å². The molecule has 1 heterocycles. The van der Waals surface area contributed by atoms with E-state index in [1.54, 1.807) is 6.08 Å². The van der Waals surface area contributed by atoms with Gasteiger partial charge < -0.3 is 0 Å². The monoisotopic (exact) mass is 249 g/mol. The molecule has 0 atom stereocenters. The van der Waals surface area contributed by atoms with Crippen LogP contribution in [0.25, 0.3) is 6.08 Å². The highest BCUT2D eigenvalue weighted by molar-refractivity contribution is 6.69. The summed E-state index contributed by atoms with van der Waals surface area (Å²) in [5.41, 5.74) is 2.89. The molecule has 0 saturated heterocycles. The third-order valence-electron chi connectivity index (χ3n) is 1.56. The van der Waals surface area contributed by atoms with Gasteiger partial charge in [-0.05, 0) is 43.7 Å². The zero-order valence-electron chi connectivity index (χ0n) is 7.89. The molecule has 4 heteroatoms. The summed E-state index contributed by atoms with van der Waals surface area (Å²) in [6.07, 6.45) is 3.19. The van der Waals surface area contributed by atoms with Crippen molar-refractivity contribution in [1.82, 2.24) is 4.98 Å². The minimum atomic E-state index is -1.36. The lowest BCUT2D eigenvalue weighted by molar-refractivity contribution is 1.16. The Morgan fingerprint density at radius 2 is 1.86 bits per heavy atom. The maximum atomic E-state index is 5.58. The van der Waals surface area contributed by atoms with Gasteiger partial charge in [-0.3, -0.25) is 4.98 Å². The van der Waals surface area contributed by atoms with Crippen LogP contribution in [0.1, 0.15) is 17.0 Å². The van der Waals surface area contributed by atoms with E-state index in [0.29, 0.717) is 0 Å². The van der Waals surface area contributed by atoms with Crippen LogP contribution in [0.2, 0.25) is 0 Å². The van der Waals surface area contributed by atoms with Crippen LogP contribution in [-0.4, -0.2) is 8.78 Å². The molecule has 0 amide bonds. The topological polar surface area (TPSA) is 12.9 Å². The second-order valence-corrected chi connectivity index (χ2v) is 5.45. The number of allylic oxidation sites excluding steroid dienone is 1. The van der Waals surface area contributed by atoms with Gasteiger partial charge in [0.15, 0.2) is 0 Å². The number of rotatable bonds is 1. The summed E-state index contributed by atoms with van der Waals surface area (Å²) in [6.45, 7) is 3.93. The predicted octanol–water partition coefficient (Wildman–Crippen LogP) is 4.08. The van der Waals surface area contributed by atoms with Gasteiger partial charge in [0.25, 0.3) is 0 Å². The zero-order valence-corrected chi connectivity index (χ0v) is 10.2. The average molecular weight is 251 g/mol. The van der Waals surface area contributed by atoms with E-state index < -0.39 is 3.79 Å². The first-order valence-electron chi connectivity index (χ1n) is 4.08. The molecule has 0 spiro atoms. The van der Waals surface area contributed by atoms with Gasteiger partial charge in [0, 0.05) is 5.69 Å². The third kappa shape index (κ3) is 4.32. The molecule has 1 nitrogen and oxygen atoms in total. The molecule has 1 aromatic heterocycles. The summed E-state index contributed by atoms with van der Waals surface area (Å²) in [4.78, 5) is 4.27. The molecule has 0 aromatic carbocycles. The molecule has 0 aliphatic carbocycles. The van der Waals surface area contributed by atoms with Crippen LogP contribution in [0.5, 0.6) is 0 Å². The Morgan fingerprint density at radius 3 is 2.36 bits per heavy atom. The van der Waals surface area contributed by atoms with E-state index in [9.17, 15) is 0 Å². The SMILES string of the molecule is Cc1cc(C)nc(C=CC(Cl)(Cl)Cl)c1. The first-order chi connectivity index (χ1) is 6.37. The van der Waals surface area contributed by atoms with Gasteiger partial charge in [0.2, 0.25) is 3.79 Å². The van der Waals surface area contributed by atoms with Crippen LogP contribution < -0.4 is 0 Å². The van der Waals surface area contributed by atoms with Crippen LogP contribution in [0, 0.1) is 13.8 Å². The minimum absolute atomic E-state index is 0.800. The predicted molar refractivity (Wildman–Crippen MR) is 63.0 cm³/mol. The molecular weight excluding hydrogens is 240 g/mol. The van der Waals surface area contributed by atoms with Crippen LogP contribution in [0.4, 0.5) is 0 Å². The van der Waals surface area contributed by atoms with Crippen molar-refractivity contribution >= 4 is 40.9 Å². The maximum absolute atomic E-state index is 5.58. The zero-order chi connectivity index (χ0) is 10.8. The van der Waals surface area contributed by atoms with Gasteiger partial charge in [-0.15, -0.1) is 0 Å². The molecule has 1 rings (SSSR count). The first-order valence-corrected chi connectivity index (χ1v) is 5.21. The summed E-state index contributed by atoms with van der Waals surface area (Å²) in [5, 5.41) is 0. The number of aryl methyl sites for hydroxylation is 2. The second-order valence-electron chi connectivity index (χ2n) is 3.09. The van der Waals surface area contributed by atoms with Gasteiger partial charge in [0.05, 0.1) is 5.69 Å². The molecule has 0 aliphatic rings. The Bertz CT molecular complexity index is 333.